The number of ether oxygens (including phenoxy) is 2. The number of amides is 1. The molecule has 0 fully saturated rings. The maximum absolute atomic E-state index is 12.7. The molecular weight excluding hydrogens is 548 g/mol. The third-order valence-electron chi connectivity index (χ3n) is 5.00. The summed E-state index contributed by atoms with van der Waals surface area (Å²) in [7, 11) is 1.52. The number of nitrogens with one attached hydrogen (secondary N) is 1. The van der Waals surface area contributed by atoms with Crippen LogP contribution in [0, 0.1) is 0 Å². The van der Waals surface area contributed by atoms with Crippen molar-refractivity contribution in [2.24, 2.45) is 5.10 Å². The van der Waals surface area contributed by atoms with Gasteiger partial charge < -0.3 is 9.47 Å². The Morgan fingerprint density at radius 1 is 0.939 bits per heavy atom. The molecule has 0 unspecified atom stereocenters. The third-order valence-corrected chi connectivity index (χ3v) is 6.03. The van der Waals surface area contributed by atoms with Gasteiger partial charge in [0.05, 0.1) is 18.9 Å². The van der Waals surface area contributed by atoms with Crippen molar-refractivity contribution in [3.05, 3.63) is 104 Å². The van der Waals surface area contributed by atoms with E-state index in [1.54, 1.807) is 18.3 Å². The summed E-state index contributed by atoms with van der Waals surface area (Å²) < 4.78 is 13.2. The molecule has 0 radical (unpaired) electrons. The van der Waals surface area contributed by atoms with Crippen molar-refractivity contribution in [3.8, 4) is 11.5 Å². The number of hydrazone groups is 1. The molecule has 0 aliphatic carbocycles. The highest BCUT2D eigenvalue weighted by molar-refractivity contribution is 9.10. The predicted octanol–water partition coefficient (Wildman–Crippen LogP) is 6.72. The van der Waals surface area contributed by atoms with E-state index in [-0.39, 0.29) is 5.91 Å². The van der Waals surface area contributed by atoms with E-state index in [0.29, 0.717) is 23.7 Å². The summed E-state index contributed by atoms with van der Waals surface area (Å²) in [6, 6.07) is 25.1. The second-order valence-corrected chi connectivity index (χ2v) is 8.99. The maximum Gasteiger partial charge on any atom is 0.275 e. The summed E-state index contributed by atoms with van der Waals surface area (Å²) in [6.07, 6.45) is 1.61. The topological polar surface area (TPSA) is 59.9 Å². The zero-order valence-electron chi connectivity index (χ0n) is 17.7. The number of hydrogen-bond acceptors (Lipinski definition) is 4. The van der Waals surface area contributed by atoms with Crippen LogP contribution in [0.25, 0.3) is 10.8 Å². The summed E-state index contributed by atoms with van der Waals surface area (Å²) in [5, 5.41) is 6.25. The van der Waals surface area contributed by atoms with Gasteiger partial charge in [-0.3, -0.25) is 4.79 Å². The average molecular weight is 568 g/mol. The first-order valence-electron chi connectivity index (χ1n) is 10.1. The smallest absolute Gasteiger partial charge is 0.275 e. The van der Waals surface area contributed by atoms with E-state index in [9.17, 15) is 4.79 Å². The fraction of sp³-hybridized carbons (Fsp3) is 0.0769. The summed E-state index contributed by atoms with van der Waals surface area (Å²) in [5.74, 6) is 0.770. The quantitative estimate of drug-likeness (QED) is 0.199. The Balaban J connectivity index is 1.59. The number of benzene rings is 4. The van der Waals surface area contributed by atoms with Gasteiger partial charge in [-0.15, -0.1) is 0 Å². The lowest BCUT2D eigenvalue weighted by atomic mass is 10.0. The number of nitrogens with zero attached hydrogens (tertiary/aromatic N) is 1. The van der Waals surface area contributed by atoms with E-state index in [4.69, 9.17) is 9.47 Å². The van der Waals surface area contributed by atoms with E-state index >= 15 is 0 Å². The number of carbonyl (C=O) groups excluding carboxylic acids is 1. The molecule has 166 valence electrons. The van der Waals surface area contributed by atoms with Gasteiger partial charge in [0.25, 0.3) is 5.91 Å². The maximum atomic E-state index is 12.7. The molecule has 5 nitrogen and oxygen atoms in total. The lowest BCUT2D eigenvalue weighted by Gasteiger charge is -2.12. The van der Waals surface area contributed by atoms with Gasteiger partial charge in [-0.1, -0.05) is 74.3 Å². The Morgan fingerprint density at radius 3 is 2.45 bits per heavy atom. The number of halogens is 2. The first-order valence-corrected chi connectivity index (χ1v) is 11.7. The Hall–Kier alpha value is -3.16. The van der Waals surface area contributed by atoms with Crippen molar-refractivity contribution < 1.29 is 14.3 Å². The summed E-state index contributed by atoms with van der Waals surface area (Å²) in [4.78, 5) is 12.7. The second-order valence-electron chi connectivity index (χ2n) is 7.16. The number of fused-ring (bicyclic) bond motifs is 1. The number of hydrogen-bond donors (Lipinski definition) is 1. The molecule has 7 heteroatoms. The molecule has 0 saturated heterocycles. The van der Waals surface area contributed by atoms with Crippen LogP contribution in [0.15, 0.2) is 92.9 Å². The minimum absolute atomic E-state index is 0.373. The number of carbonyl (C=O) groups is 1. The number of rotatable bonds is 7. The van der Waals surface area contributed by atoms with Gasteiger partial charge in [0, 0.05) is 14.5 Å². The van der Waals surface area contributed by atoms with Crippen LogP contribution in [0.3, 0.4) is 0 Å². The monoisotopic (exact) mass is 566 g/mol. The largest absolute Gasteiger partial charge is 0.496 e. The highest BCUT2D eigenvalue weighted by Gasteiger charge is 2.13. The number of methoxy groups -OCH3 is 1. The molecule has 0 spiro atoms. The lowest BCUT2D eigenvalue weighted by molar-refractivity contribution is 0.0952. The Bertz CT molecular complexity index is 1320. The van der Waals surface area contributed by atoms with Crippen LogP contribution in [0.4, 0.5) is 0 Å². The molecule has 0 aromatic heterocycles. The summed E-state index contributed by atoms with van der Waals surface area (Å²) in [6.45, 7) is 0.411. The van der Waals surface area contributed by atoms with E-state index < -0.39 is 0 Å². The van der Waals surface area contributed by atoms with Crippen molar-refractivity contribution in [1.29, 1.82) is 0 Å². The van der Waals surface area contributed by atoms with Gasteiger partial charge in [-0.2, -0.15) is 5.10 Å². The van der Waals surface area contributed by atoms with Crippen LogP contribution in [0.2, 0.25) is 0 Å². The van der Waals surface area contributed by atoms with Crippen LogP contribution in [0.5, 0.6) is 11.5 Å². The van der Waals surface area contributed by atoms with E-state index in [0.717, 1.165) is 30.8 Å². The predicted molar refractivity (Wildman–Crippen MR) is 138 cm³/mol. The van der Waals surface area contributed by atoms with Crippen molar-refractivity contribution in [1.82, 2.24) is 5.43 Å². The molecule has 0 aliphatic rings. The normalized spacial score (nSPS) is 11.0. The standard InChI is InChI=1S/C26H20Br2N2O3/c1-32-24-13-11-20(28)14-22(24)26(31)30-29-15-23-21-5-3-2-4-18(21)8-12-25(23)33-16-17-6-9-19(27)10-7-17/h2-15H,16H2,1H3,(H,30,31)/b29-15-. The highest BCUT2D eigenvalue weighted by atomic mass is 79.9. The minimum atomic E-state index is -0.373. The fourth-order valence-electron chi connectivity index (χ4n) is 3.35. The molecule has 0 atom stereocenters. The molecule has 0 aliphatic heterocycles. The molecule has 33 heavy (non-hydrogen) atoms. The van der Waals surface area contributed by atoms with Crippen molar-refractivity contribution in [2.75, 3.05) is 7.11 Å². The van der Waals surface area contributed by atoms with Crippen LogP contribution in [0.1, 0.15) is 21.5 Å². The van der Waals surface area contributed by atoms with Gasteiger partial charge in [-0.05, 0) is 52.7 Å². The molecule has 1 amide bonds. The van der Waals surface area contributed by atoms with Gasteiger partial charge in [0.2, 0.25) is 0 Å². The molecule has 4 aromatic carbocycles. The second kappa shape index (κ2) is 10.6. The SMILES string of the molecule is COc1ccc(Br)cc1C(=O)N/N=C\c1c(OCc2ccc(Br)cc2)ccc2ccccc12. The van der Waals surface area contributed by atoms with E-state index in [1.165, 1.54) is 7.11 Å². The van der Waals surface area contributed by atoms with Crippen LogP contribution in [-0.2, 0) is 6.61 Å². The Kier molecular flexibility index (Phi) is 7.42. The van der Waals surface area contributed by atoms with Gasteiger partial charge in [0.15, 0.2) is 0 Å². The summed E-state index contributed by atoms with van der Waals surface area (Å²) in [5.41, 5.74) is 4.80. The molecule has 0 saturated carbocycles. The van der Waals surface area contributed by atoms with E-state index in [2.05, 4.69) is 42.4 Å². The average Bonchev–Trinajstić information content (AvgIpc) is 2.84. The van der Waals surface area contributed by atoms with Gasteiger partial charge >= 0.3 is 0 Å². The lowest BCUT2D eigenvalue weighted by Crippen LogP contribution is -2.18. The van der Waals surface area contributed by atoms with E-state index in [1.807, 2.05) is 66.7 Å². The van der Waals surface area contributed by atoms with Crippen molar-refractivity contribution in [3.63, 3.8) is 0 Å². The summed E-state index contributed by atoms with van der Waals surface area (Å²) >= 11 is 6.83. The Morgan fingerprint density at radius 2 is 1.67 bits per heavy atom. The molecule has 0 bridgehead atoms. The zero-order chi connectivity index (χ0) is 23.2. The third kappa shape index (κ3) is 5.61. The molecular formula is C26H20Br2N2O3. The van der Waals surface area contributed by atoms with Crippen LogP contribution >= 0.6 is 31.9 Å². The molecule has 4 aromatic rings. The molecule has 0 heterocycles. The van der Waals surface area contributed by atoms with Crippen LogP contribution in [-0.4, -0.2) is 19.2 Å². The minimum Gasteiger partial charge on any atom is -0.496 e. The van der Waals surface area contributed by atoms with Crippen molar-refractivity contribution >= 4 is 54.8 Å². The zero-order valence-corrected chi connectivity index (χ0v) is 20.9. The fourth-order valence-corrected chi connectivity index (χ4v) is 3.98. The molecule has 4 rings (SSSR count). The molecule has 1 N–H and O–H groups in total. The first-order chi connectivity index (χ1) is 16.0. The first kappa shape index (κ1) is 23.0. The Labute approximate surface area is 208 Å². The van der Waals surface area contributed by atoms with Gasteiger partial charge in [-0.25, -0.2) is 5.43 Å². The van der Waals surface area contributed by atoms with Crippen LogP contribution < -0.4 is 14.9 Å². The highest BCUT2D eigenvalue weighted by Crippen LogP contribution is 2.28. The van der Waals surface area contributed by atoms with Gasteiger partial charge in [0.1, 0.15) is 18.1 Å². The van der Waals surface area contributed by atoms with Crippen molar-refractivity contribution in [2.45, 2.75) is 6.61 Å².